The summed E-state index contributed by atoms with van der Waals surface area (Å²) >= 11 is 0. The van der Waals surface area contributed by atoms with E-state index in [4.69, 9.17) is 0 Å². The summed E-state index contributed by atoms with van der Waals surface area (Å²) in [5, 5.41) is 0. The Balaban J connectivity index is 0.946. The van der Waals surface area contributed by atoms with E-state index in [1.807, 2.05) is 0 Å². The fourth-order valence-corrected chi connectivity index (χ4v) is 12.7. The highest BCUT2D eigenvalue weighted by molar-refractivity contribution is 6.03. The fraction of sp³-hybridized carbons (Fsp3) is 0.0571. The maximum Gasteiger partial charge on any atom is 0.0725 e. The monoisotopic (exact) mass is 903 g/mol. The molecule has 0 fully saturated rings. The summed E-state index contributed by atoms with van der Waals surface area (Å²) in [5.74, 6) is 0. The zero-order chi connectivity index (χ0) is 47.3. The quantitative estimate of drug-likeness (QED) is 0.154. The number of hydrogen-bond acceptors (Lipinski definition) is 1. The normalized spacial score (nSPS) is 15.1. The van der Waals surface area contributed by atoms with Crippen LogP contribution in [0, 0.1) is 0 Å². The van der Waals surface area contributed by atoms with Crippen LogP contribution in [0.3, 0.4) is 0 Å². The van der Waals surface area contributed by atoms with Crippen LogP contribution in [0.25, 0.3) is 77.9 Å². The molecular formula is C70H49N. The van der Waals surface area contributed by atoms with E-state index in [-0.39, 0.29) is 5.41 Å². The second-order valence-corrected chi connectivity index (χ2v) is 19.9. The fourth-order valence-electron chi connectivity index (χ4n) is 12.7. The van der Waals surface area contributed by atoms with E-state index in [0.29, 0.717) is 0 Å². The summed E-state index contributed by atoms with van der Waals surface area (Å²) in [4.78, 5) is 2.47. The van der Waals surface area contributed by atoms with E-state index >= 15 is 0 Å². The molecule has 0 bridgehead atoms. The molecule has 0 heterocycles. The number of nitrogens with zero attached hydrogens (tertiary/aromatic N) is 1. The van der Waals surface area contributed by atoms with Gasteiger partial charge in [0.2, 0.25) is 0 Å². The van der Waals surface area contributed by atoms with Gasteiger partial charge in [0.25, 0.3) is 0 Å². The van der Waals surface area contributed by atoms with Gasteiger partial charge in [-0.1, -0.05) is 238 Å². The maximum absolute atomic E-state index is 2.47. The number of fused-ring (bicyclic) bond motifs is 13. The van der Waals surface area contributed by atoms with Crippen molar-refractivity contribution in [3.63, 3.8) is 0 Å². The third kappa shape index (κ3) is 6.13. The Bertz CT molecular complexity index is 3900. The predicted molar refractivity (Wildman–Crippen MR) is 297 cm³/mol. The zero-order valence-corrected chi connectivity index (χ0v) is 39.8. The second-order valence-electron chi connectivity index (χ2n) is 19.9. The molecule has 1 unspecified atom stereocenters. The van der Waals surface area contributed by atoms with Gasteiger partial charge in [-0.3, -0.25) is 0 Å². The molecule has 1 spiro atoms. The summed E-state index contributed by atoms with van der Waals surface area (Å²) in [5.41, 5.74) is 28.4. The first-order chi connectivity index (χ1) is 35.0. The standard InChI is InChI=1S/C70H49N/c1-69(2)61-32-12-9-27-57(61)58-42-41-54(45-66(58)69)71(52-25-15-23-50(43-52)48-39-37-47(38-40-48)46-19-5-3-6-20-46)53-26-16-24-51(44-53)56-31-18-36-65-68(56)60-29-11-14-34-63(60)70(65)62-33-13-10-28-59(62)67-55(30-17-35-64(67)70)49-21-7-4-8-22-49/h3-45H,1-2H3. The van der Waals surface area contributed by atoms with Crippen LogP contribution in [0.5, 0.6) is 0 Å². The lowest BCUT2D eigenvalue weighted by atomic mass is 9.70. The first-order valence-electron chi connectivity index (χ1n) is 24.9. The van der Waals surface area contributed by atoms with Crippen molar-refractivity contribution < 1.29 is 0 Å². The van der Waals surface area contributed by atoms with E-state index in [2.05, 4.69) is 280 Å². The molecule has 0 aliphatic heterocycles. The summed E-state index contributed by atoms with van der Waals surface area (Å²) in [7, 11) is 0. The number of benzene rings is 11. The first kappa shape index (κ1) is 41.2. The molecule has 0 aromatic heterocycles. The minimum atomic E-state index is -0.475. The van der Waals surface area contributed by atoms with Gasteiger partial charge in [0.05, 0.1) is 5.41 Å². The van der Waals surface area contributed by atoms with Crippen molar-refractivity contribution in [1.29, 1.82) is 0 Å². The third-order valence-corrected chi connectivity index (χ3v) is 15.9. The Kier molecular flexibility index (Phi) is 9.22. The average molecular weight is 904 g/mol. The van der Waals surface area contributed by atoms with Crippen LogP contribution in [-0.2, 0) is 10.8 Å². The van der Waals surface area contributed by atoms with Crippen molar-refractivity contribution in [3.05, 3.63) is 294 Å². The molecule has 0 saturated heterocycles. The lowest BCUT2D eigenvalue weighted by Crippen LogP contribution is -2.25. The molecule has 14 rings (SSSR count). The van der Waals surface area contributed by atoms with E-state index in [9.17, 15) is 0 Å². The van der Waals surface area contributed by atoms with E-state index in [1.165, 1.54) is 111 Å². The van der Waals surface area contributed by atoms with Gasteiger partial charge in [-0.2, -0.15) is 0 Å². The van der Waals surface area contributed by atoms with Crippen LogP contribution in [-0.4, -0.2) is 0 Å². The Morgan fingerprint density at radius 1 is 0.239 bits per heavy atom. The average Bonchev–Trinajstić information content (AvgIpc) is 4.00. The third-order valence-electron chi connectivity index (χ3n) is 15.9. The molecule has 334 valence electrons. The largest absolute Gasteiger partial charge is 0.310 e. The zero-order valence-electron chi connectivity index (χ0n) is 39.8. The Morgan fingerprint density at radius 3 is 1.25 bits per heavy atom. The summed E-state index contributed by atoms with van der Waals surface area (Å²) in [6.07, 6.45) is 0. The topological polar surface area (TPSA) is 3.24 Å². The molecule has 1 atom stereocenters. The number of rotatable bonds is 7. The van der Waals surface area contributed by atoms with Gasteiger partial charge in [-0.25, -0.2) is 0 Å². The van der Waals surface area contributed by atoms with Crippen LogP contribution in [0.2, 0.25) is 0 Å². The summed E-state index contributed by atoms with van der Waals surface area (Å²) in [6, 6.07) is 97.2. The molecule has 0 N–H and O–H groups in total. The van der Waals surface area contributed by atoms with Gasteiger partial charge in [0.15, 0.2) is 0 Å². The van der Waals surface area contributed by atoms with E-state index in [0.717, 1.165) is 17.1 Å². The molecular weight excluding hydrogens is 855 g/mol. The second kappa shape index (κ2) is 15.9. The molecule has 71 heavy (non-hydrogen) atoms. The van der Waals surface area contributed by atoms with E-state index < -0.39 is 5.41 Å². The highest BCUT2D eigenvalue weighted by Gasteiger charge is 2.52. The molecule has 11 aromatic rings. The van der Waals surface area contributed by atoms with Gasteiger partial charge in [0, 0.05) is 22.5 Å². The van der Waals surface area contributed by atoms with Crippen molar-refractivity contribution in [2.75, 3.05) is 4.90 Å². The molecule has 1 heteroatoms. The van der Waals surface area contributed by atoms with Crippen molar-refractivity contribution in [2.45, 2.75) is 24.7 Å². The van der Waals surface area contributed by atoms with Crippen molar-refractivity contribution in [1.82, 2.24) is 0 Å². The van der Waals surface area contributed by atoms with Gasteiger partial charge >= 0.3 is 0 Å². The van der Waals surface area contributed by atoms with Crippen molar-refractivity contribution in [3.8, 4) is 77.9 Å². The lowest BCUT2D eigenvalue weighted by Gasteiger charge is -2.31. The Morgan fingerprint density at radius 2 is 0.634 bits per heavy atom. The smallest absolute Gasteiger partial charge is 0.0725 e. The molecule has 3 aliphatic carbocycles. The molecule has 0 saturated carbocycles. The lowest BCUT2D eigenvalue weighted by molar-refractivity contribution is 0.660. The van der Waals surface area contributed by atoms with Crippen LogP contribution in [0.4, 0.5) is 17.1 Å². The van der Waals surface area contributed by atoms with Crippen LogP contribution >= 0.6 is 0 Å². The van der Waals surface area contributed by atoms with Crippen molar-refractivity contribution in [2.24, 2.45) is 0 Å². The minimum Gasteiger partial charge on any atom is -0.310 e. The highest BCUT2D eigenvalue weighted by atomic mass is 15.1. The first-order valence-corrected chi connectivity index (χ1v) is 24.9. The summed E-state index contributed by atoms with van der Waals surface area (Å²) < 4.78 is 0. The predicted octanol–water partition coefficient (Wildman–Crippen LogP) is 18.5. The number of anilines is 3. The van der Waals surface area contributed by atoms with Crippen LogP contribution < -0.4 is 4.90 Å². The highest BCUT2D eigenvalue weighted by Crippen LogP contribution is 2.65. The van der Waals surface area contributed by atoms with Crippen molar-refractivity contribution >= 4 is 17.1 Å². The molecule has 1 nitrogen and oxygen atoms in total. The maximum atomic E-state index is 2.47. The van der Waals surface area contributed by atoms with Crippen LogP contribution in [0.1, 0.15) is 47.2 Å². The molecule has 0 radical (unpaired) electrons. The minimum absolute atomic E-state index is 0.148. The summed E-state index contributed by atoms with van der Waals surface area (Å²) in [6.45, 7) is 4.74. The molecule has 11 aromatic carbocycles. The molecule has 3 aliphatic rings. The van der Waals surface area contributed by atoms with Gasteiger partial charge in [-0.15, -0.1) is 0 Å². The van der Waals surface area contributed by atoms with Gasteiger partial charge in [-0.05, 0) is 148 Å². The van der Waals surface area contributed by atoms with Gasteiger partial charge < -0.3 is 4.90 Å². The van der Waals surface area contributed by atoms with Gasteiger partial charge in [0.1, 0.15) is 0 Å². The SMILES string of the molecule is CC1(C)c2ccccc2-c2ccc(N(c3cccc(-c4ccc(-c5ccccc5)cc4)c3)c3cccc(-c4cccc5c4-c4ccccc4C54c5ccccc5-c5c(-c6ccccc6)cccc54)c3)cc21. The van der Waals surface area contributed by atoms with E-state index in [1.54, 1.807) is 0 Å². The van der Waals surface area contributed by atoms with Crippen LogP contribution in [0.15, 0.2) is 261 Å². The Hall–Kier alpha value is -8.78. The Labute approximate surface area is 416 Å². The number of hydrogen-bond donors (Lipinski definition) is 0. The molecule has 0 amide bonds.